The van der Waals surface area contributed by atoms with Gasteiger partial charge in [-0.05, 0) is 0 Å². The van der Waals surface area contributed by atoms with E-state index in [9.17, 15) is 28.8 Å². The molecular weight excluding hydrogens is 491 g/mol. The van der Waals surface area contributed by atoms with Crippen molar-refractivity contribution in [1.82, 2.24) is 19.5 Å². The molecule has 1 saturated heterocycles. The Hall–Kier alpha value is -1.36. The standard InChI is InChI=1S/C10H16N5O13P3/c11-8-5-9(13-2-12-8)15(3-14-5)10-7(17)6(16)4(26-10)1-25-30(21,22)28-31(23,24)27-29(18,19)20/h2-4,6-7,10,16-17H,1H2,(H,21,22)(H,23,24)(H2,11,12,13)(H2,18,19,20)/t4-,6-,7+,10+/m1/s1. The van der Waals surface area contributed by atoms with Crippen molar-refractivity contribution in [2.45, 2.75) is 24.5 Å². The number of imidazole rings is 1. The van der Waals surface area contributed by atoms with Gasteiger partial charge in [0.25, 0.3) is 0 Å². The highest BCUT2D eigenvalue weighted by molar-refractivity contribution is 7.66. The van der Waals surface area contributed by atoms with Gasteiger partial charge in [0, 0.05) is 0 Å². The van der Waals surface area contributed by atoms with E-state index in [1.807, 2.05) is 0 Å². The van der Waals surface area contributed by atoms with Gasteiger partial charge in [0.15, 0.2) is 17.7 Å². The number of phosphoric acid groups is 3. The van der Waals surface area contributed by atoms with Gasteiger partial charge in [-0.15, -0.1) is 0 Å². The number of rotatable bonds is 8. The van der Waals surface area contributed by atoms with E-state index in [1.165, 1.54) is 10.9 Å². The molecule has 3 rings (SSSR count). The summed E-state index contributed by atoms with van der Waals surface area (Å²) in [6.45, 7) is -0.956. The van der Waals surface area contributed by atoms with E-state index in [1.54, 1.807) is 0 Å². The van der Waals surface area contributed by atoms with Crippen LogP contribution in [0.5, 0.6) is 0 Å². The number of aliphatic hydroxyl groups is 2. The van der Waals surface area contributed by atoms with E-state index >= 15 is 0 Å². The fourth-order valence-electron chi connectivity index (χ4n) is 2.62. The van der Waals surface area contributed by atoms with Crippen molar-refractivity contribution in [3.8, 4) is 0 Å². The number of aliphatic hydroxyl groups excluding tert-OH is 2. The van der Waals surface area contributed by atoms with Crippen LogP contribution in [0.1, 0.15) is 6.23 Å². The molecule has 0 spiro atoms. The molecule has 0 aliphatic carbocycles. The predicted molar refractivity (Wildman–Crippen MR) is 95.5 cm³/mol. The Labute approximate surface area is 171 Å². The van der Waals surface area contributed by atoms with E-state index in [-0.39, 0.29) is 17.0 Å². The first-order valence-corrected chi connectivity index (χ1v) is 12.4. The molecule has 21 heteroatoms. The summed E-state index contributed by atoms with van der Waals surface area (Å²) in [6.07, 6.45) is -3.69. The van der Waals surface area contributed by atoms with Crippen LogP contribution in [0.15, 0.2) is 12.7 Å². The summed E-state index contributed by atoms with van der Waals surface area (Å²) in [5.41, 5.74) is 6.00. The highest BCUT2D eigenvalue weighted by Crippen LogP contribution is 2.66. The number of fused-ring (bicyclic) bond motifs is 1. The molecule has 1 aliphatic rings. The number of anilines is 1. The third kappa shape index (κ3) is 5.71. The average molecular weight is 507 g/mol. The quantitative estimate of drug-likeness (QED) is 0.197. The molecule has 31 heavy (non-hydrogen) atoms. The molecule has 0 amide bonds. The molecule has 2 aromatic rings. The Morgan fingerprint density at radius 2 is 1.71 bits per heavy atom. The van der Waals surface area contributed by atoms with Crippen molar-refractivity contribution < 1.29 is 61.4 Å². The number of hydrogen-bond acceptors (Lipinski definition) is 13. The first-order valence-electron chi connectivity index (χ1n) is 7.92. The number of aromatic nitrogens is 4. The van der Waals surface area contributed by atoms with Crippen molar-refractivity contribution >= 4 is 40.4 Å². The third-order valence-electron chi connectivity index (χ3n) is 3.82. The molecule has 174 valence electrons. The van der Waals surface area contributed by atoms with Crippen LogP contribution in [0.25, 0.3) is 11.2 Å². The average Bonchev–Trinajstić information content (AvgIpc) is 3.13. The molecule has 0 bridgehead atoms. The van der Waals surface area contributed by atoms with Gasteiger partial charge < -0.3 is 40.3 Å². The normalized spacial score (nSPS) is 28.5. The Kier molecular flexibility index (Phi) is 6.68. The fraction of sp³-hybridized carbons (Fsp3) is 0.500. The minimum Gasteiger partial charge on any atom is -0.387 e. The molecule has 2 unspecified atom stereocenters. The molecule has 3 heterocycles. The molecule has 0 radical (unpaired) electrons. The summed E-state index contributed by atoms with van der Waals surface area (Å²) >= 11 is 0. The van der Waals surface area contributed by atoms with Gasteiger partial charge in [0.05, 0.1) is 12.9 Å². The number of nitrogens with two attached hydrogens (primary N) is 1. The lowest BCUT2D eigenvalue weighted by Crippen LogP contribution is -2.33. The zero-order chi connectivity index (χ0) is 23.2. The Bertz CT molecular complexity index is 1100. The first-order chi connectivity index (χ1) is 14.2. The van der Waals surface area contributed by atoms with Crippen LogP contribution in [0.4, 0.5) is 5.82 Å². The highest BCUT2D eigenvalue weighted by atomic mass is 31.3. The van der Waals surface area contributed by atoms with Gasteiger partial charge in [0.1, 0.15) is 30.2 Å². The van der Waals surface area contributed by atoms with Gasteiger partial charge in [0.2, 0.25) is 0 Å². The Morgan fingerprint density at radius 3 is 2.35 bits per heavy atom. The summed E-state index contributed by atoms with van der Waals surface area (Å²) in [4.78, 5) is 47.2. The number of ether oxygens (including phenoxy) is 1. The van der Waals surface area contributed by atoms with Crippen molar-refractivity contribution in [1.29, 1.82) is 0 Å². The molecular formula is C10H16N5O13P3. The topological polar surface area (TPSA) is 279 Å². The van der Waals surface area contributed by atoms with Gasteiger partial charge in [-0.2, -0.15) is 8.62 Å². The Morgan fingerprint density at radius 1 is 1.03 bits per heavy atom. The monoisotopic (exact) mass is 507 g/mol. The van der Waals surface area contributed by atoms with E-state index in [4.69, 9.17) is 25.2 Å². The van der Waals surface area contributed by atoms with Crippen LogP contribution in [-0.2, 0) is 31.6 Å². The van der Waals surface area contributed by atoms with Gasteiger partial charge >= 0.3 is 23.5 Å². The van der Waals surface area contributed by atoms with Crippen molar-refractivity contribution in [2.75, 3.05) is 12.3 Å². The van der Waals surface area contributed by atoms with E-state index in [0.717, 1.165) is 6.33 Å². The summed E-state index contributed by atoms with van der Waals surface area (Å²) in [6, 6.07) is 0. The molecule has 0 saturated carbocycles. The highest BCUT2D eigenvalue weighted by Gasteiger charge is 2.47. The van der Waals surface area contributed by atoms with Gasteiger partial charge in [-0.1, -0.05) is 0 Å². The van der Waals surface area contributed by atoms with Gasteiger partial charge in [-0.3, -0.25) is 9.09 Å². The van der Waals surface area contributed by atoms with Crippen LogP contribution in [-0.4, -0.2) is 74.2 Å². The summed E-state index contributed by atoms with van der Waals surface area (Å²) in [5, 5.41) is 20.4. The summed E-state index contributed by atoms with van der Waals surface area (Å²) < 4.78 is 51.9. The van der Waals surface area contributed by atoms with E-state index in [2.05, 4.69) is 28.1 Å². The van der Waals surface area contributed by atoms with Crippen LogP contribution < -0.4 is 5.73 Å². The first kappa shape index (κ1) is 24.3. The molecule has 1 aliphatic heterocycles. The fourth-order valence-corrected chi connectivity index (χ4v) is 5.65. The minimum atomic E-state index is -5.70. The van der Waals surface area contributed by atoms with E-state index < -0.39 is 54.6 Å². The van der Waals surface area contributed by atoms with Crippen LogP contribution in [0.2, 0.25) is 0 Å². The zero-order valence-corrected chi connectivity index (χ0v) is 17.6. The maximum atomic E-state index is 11.8. The summed E-state index contributed by atoms with van der Waals surface area (Å²) in [7, 11) is -16.7. The zero-order valence-electron chi connectivity index (χ0n) is 14.9. The minimum absolute atomic E-state index is 0.0426. The van der Waals surface area contributed by atoms with E-state index in [0.29, 0.717) is 0 Å². The second-order valence-electron chi connectivity index (χ2n) is 6.02. The SMILES string of the molecule is Nc1ncnc2c1ncn2[C@H]1O[C@H](COP(=O)(O)OP(=O)(O)OP(=O)(O)O)[C@@H](O)[C@@H]1O. The lowest BCUT2D eigenvalue weighted by molar-refractivity contribution is -0.0503. The lowest BCUT2D eigenvalue weighted by atomic mass is 10.1. The second kappa shape index (κ2) is 8.53. The van der Waals surface area contributed by atoms with Crippen LogP contribution in [0, 0.1) is 0 Å². The Balaban J connectivity index is 1.69. The van der Waals surface area contributed by atoms with Crippen molar-refractivity contribution in [3.05, 3.63) is 12.7 Å². The lowest BCUT2D eigenvalue weighted by Gasteiger charge is -2.19. The summed E-state index contributed by atoms with van der Waals surface area (Å²) in [5.74, 6) is 0.0426. The van der Waals surface area contributed by atoms with Crippen LogP contribution >= 0.6 is 23.5 Å². The molecule has 18 nitrogen and oxygen atoms in total. The third-order valence-corrected chi connectivity index (χ3v) is 7.62. The largest absolute Gasteiger partial charge is 0.490 e. The predicted octanol–water partition coefficient (Wildman–Crippen LogP) is -1.63. The maximum absolute atomic E-state index is 11.8. The van der Waals surface area contributed by atoms with Crippen LogP contribution in [0.3, 0.4) is 0 Å². The van der Waals surface area contributed by atoms with Gasteiger partial charge in [-0.25, -0.2) is 28.6 Å². The number of nitrogen functional groups attached to an aromatic ring is 1. The number of nitrogens with zero attached hydrogens (tertiary/aromatic N) is 4. The molecule has 1 fully saturated rings. The molecule has 6 atom stereocenters. The van der Waals surface area contributed by atoms with Crippen molar-refractivity contribution in [3.63, 3.8) is 0 Å². The molecule has 2 aromatic heterocycles. The maximum Gasteiger partial charge on any atom is 0.490 e. The molecule has 0 aromatic carbocycles. The number of phosphoric ester groups is 1. The smallest absolute Gasteiger partial charge is 0.387 e. The molecule has 8 N–H and O–H groups in total. The van der Waals surface area contributed by atoms with Crippen molar-refractivity contribution in [2.24, 2.45) is 0 Å². The second-order valence-corrected chi connectivity index (χ2v) is 10.4. The number of hydrogen-bond donors (Lipinski definition) is 7.